The van der Waals surface area contributed by atoms with Crippen molar-refractivity contribution in [3.05, 3.63) is 40.5 Å². The van der Waals surface area contributed by atoms with Crippen LogP contribution in [0.3, 0.4) is 0 Å². The van der Waals surface area contributed by atoms with Crippen LogP contribution in [0.4, 0.5) is 0 Å². The summed E-state index contributed by atoms with van der Waals surface area (Å²) in [5.74, 6) is 0. The fourth-order valence-corrected chi connectivity index (χ4v) is 1.75. The Morgan fingerprint density at radius 1 is 1.20 bits per heavy atom. The third-order valence-corrected chi connectivity index (χ3v) is 2.31. The number of nitrogens with one attached hydrogen (secondary N) is 1. The first-order chi connectivity index (χ1) is 7.11. The van der Waals surface area contributed by atoms with Gasteiger partial charge in [-0.15, -0.1) is 0 Å². The van der Waals surface area contributed by atoms with Crippen molar-refractivity contribution in [3.8, 4) is 0 Å². The molecule has 15 heavy (non-hydrogen) atoms. The van der Waals surface area contributed by atoms with Crippen molar-refractivity contribution < 1.29 is 0 Å². The van der Waals surface area contributed by atoms with Gasteiger partial charge in [0, 0.05) is 6.54 Å². The van der Waals surface area contributed by atoms with Gasteiger partial charge < -0.3 is 5.32 Å². The minimum Gasteiger partial charge on any atom is -0.313 e. The van der Waals surface area contributed by atoms with E-state index in [0.717, 1.165) is 13.1 Å². The van der Waals surface area contributed by atoms with Gasteiger partial charge in [-0.3, -0.25) is 0 Å². The van der Waals surface area contributed by atoms with Crippen LogP contribution in [-0.2, 0) is 0 Å². The summed E-state index contributed by atoms with van der Waals surface area (Å²) in [7, 11) is 0. The van der Waals surface area contributed by atoms with Crippen molar-refractivity contribution in [2.75, 3.05) is 13.1 Å². The Balaban J connectivity index is 2.78. The van der Waals surface area contributed by atoms with Gasteiger partial charge in [0.05, 0.1) is 0 Å². The zero-order valence-electron chi connectivity index (χ0n) is 10.2. The molecular formula is C14H21N. The number of rotatable bonds is 4. The molecule has 1 aromatic carbocycles. The van der Waals surface area contributed by atoms with E-state index in [2.05, 4.69) is 57.3 Å². The van der Waals surface area contributed by atoms with Crippen LogP contribution in [0, 0.1) is 13.8 Å². The molecule has 82 valence electrons. The molecule has 1 N–H and O–H groups in total. The lowest BCUT2D eigenvalue weighted by molar-refractivity contribution is 0.778. The minimum absolute atomic E-state index is 0.976. The molecule has 1 aromatic rings. The number of hydrogen-bond acceptors (Lipinski definition) is 1. The zero-order chi connectivity index (χ0) is 11.3. The first-order valence-electron chi connectivity index (χ1n) is 5.58. The van der Waals surface area contributed by atoms with E-state index in [1.807, 2.05) is 0 Å². The molecule has 0 aliphatic carbocycles. The summed E-state index contributed by atoms with van der Waals surface area (Å²) in [5, 5.41) is 3.33. The highest BCUT2D eigenvalue weighted by molar-refractivity contribution is 5.54. The molecule has 0 spiro atoms. The average Bonchev–Trinajstić information content (AvgIpc) is 2.13. The molecule has 1 rings (SSSR count). The van der Waals surface area contributed by atoms with Gasteiger partial charge in [0.15, 0.2) is 0 Å². The number of likely N-dealkylation sites (N-methyl/N-ethyl adjacent to an activating group) is 1. The molecule has 0 radical (unpaired) electrons. The molecule has 1 heteroatoms. The summed E-state index contributed by atoms with van der Waals surface area (Å²) >= 11 is 0. The standard InChI is InChI=1S/C14H21N/c1-5-15-10-13(4)9-14-7-11(2)6-12(3)8-14/h6-9,15H,5,10H2,1-4H3. The average molecular weight is 203 g/mol. The lowest BCUT2D eigenvalue weighted by Gasteiger charge is -2.04. The molecule has 0 bridgehead atoms. The highest BCUT2D eigenvalue weighted by atomic mass is 14.8. The normalized spacial score (nSPS) is 11.9. The van der Waals surface area contributed by atoms with Gasteiger partial charge in [-0.05, 0) is 32.9 Å². The highest BCUT2D eigenvalue weighted by Crippen LogP contribution is 2.12. The van der Waals surface area contributed by atoms with Crippen LogP contribution in [0.5, 0.6) is 0 Å². The van der Waals surface area contributed by atoms with Gasteiger partial charge >= 0.3 is 0 Å². The number of benzene rings is 1. The molecule has 0 heterocycles. The third-order valence-electron chi connectivity index (χ3n) is 2.31. The van der Waals surface area contributed by atoms with E-state index in [1.54, 1.807) is 0 Å². The first kappa shape index (κ1) is 12.0. The van der Waals surface area contributed by atoms with Crippen molar-refractivity contribution in [2.45, 2.75) is 27.7 Å². The Kier molecular flexibility index (Phi) is 4.57. The van der Waals surface area contributed by atoms with Gasteiger partial charge in [0.1, 0.15) is 0 Å². The molecule has 0 unspecified atom stereocenters. The molecule has 0 aromatic heterocycles. The van der Waals surface area contributed by atoms with Gasteiger partial charge in [0.2, 0.25) is 0 Å². The Labute approximate surface area is 93.2 Å². The Bertz CT molecular complexity index is 330. The maximum absolute atomic E-state index is 3.33. The van der Waals surface area contributed by atoms with Crippen molar-refractivity contribution in [1.29, 1.82) is 0 Å². The second-order valence-corrected chi connectivity index (χ2v) is 4.19. The van der Waals surface area contributed by atoms with Crippen LogP contribution in [0.15, 0.2) is 23.8 Å². The maximum Gasteiger partial charge on any atom is 0.0165 e. The summed E-state index contributed by atoms with van der Waals surface area (Å²) in [6, 6.07) is 6.65. The summed E-state index contributed by atoms with van der Waals surface area (Å²) in [4.78, 5) is 0. The number of hydrogen-bond donors (Lipinski definition) is 1. The summed E-state index contributed by atoms with van der Waals surface area (Å²) in [5.41, 5.74) is 5.35. The summed E-state index contributed by atoms with van der Waals surface area (Å²) < 4.78 is 0. The van der Waals surface area contributed by atoms with E-state index in [1.165, 1.54) is 22.3 Å². The largest absolute Gasteiger partial charge is 0.313 e. The summed E-state index contributed by atoms with van der Waals surface area (Å²) in [6.07, 6.45) is 2.25. The predicted molar refractivity (Wildman–Crippen MR) is 68.1 cm³/mol. The van der Waals surface area contributed by atoms with E-state index in [-0.39, 0.29) is 0 Å². The molecule has 0 saturated carbocycles. The van der Waals surface area contributed by atoms with Crippen LogP contribution in [0.25, 0.3) is 6.08 Å². The molecular weight excluding hydrogens is 182 g/mol. The second-order valence-electron chi connectivity index (χ2n) is 4.19. The van der Waals surface area contributed by atoms with Crippen molar-refractivity contribution in [3.63, 3.8) is 0 Å². The fourth-order valence-electron chi connectivity index (χ4n) is 1.75. The van der Waals surface area contributed by atoms with E-state index in [0.29, 0.717) is 0 Å². The second kappa shape index (κ2) is 5.72. The molecule has 1 nitrogen and oxygen atoms in total. The van der Waals surface area contributed by atoms with Crippen LogP contribution in [0.2, 0.25) is 0 Å². The van der Waals surface area contributed by atoms with Crippen molar-refractivity contribution >= 4 is 6.08 Å². The lowest BCUT2D eigenvalue weighted by Crippen LogP contribution is -2.14. The third kappa shape index (κ3) is 4.30. The minimum atomic E-state index is 0.976. The Morgan fingerprint density at radius 3 is 2.33 bits per heavy atom. The SMILES string of the molecule is CCNCC(C)=Cc1cc(C)cc(C)c1. The quantitative estimate of drug-likeness (QED) is 0.791. The topological polar surface area (TPSA) is 12.0 Å². The predicted octanol–water partition coefficient (Wildman–Crippen LogP) is 3.32. The van der Waals surface area contributed by atoms with Gasteiger partial charge in [-0.25, -0.2) is 0 Å². The van der Waals surface area contributed by atoms with Crippen LogP contribution in [0.1, 0.15) is 30.5 Å². The molecule has 0 amide bonds. The Hall–Kier alpha value is -1.08. The lowest BCUT2D eigenvalue weighted by atomic mass is 10.1. The van der Waals surface area contributed by atoms with E-state index >= 15 is 0 Å². The number of aryl methyl sites for hydroxylation is 2. The zero-order valence-corrected chi connectivity index (χ0v) is 10.2. The smallest absolute Gasteiger partial charge is 0.0165 e. The fraction of sp³-hybridized carbons (Fsp3) is 0.429. The highest BCUT2D eigenvalue weighted by Gasteiger charge is 1.94. The molecule has 0 aliphatic heterocycles. The first-order valence-corrected chi connectivity index (χ1v) is 5.58. The maximum atomic E-state index is 3.33. The van der Waals surface area contributed by atoms with E-state index in [4.69, 9.17) is 0 Å². The van der Waals surface area contributed by atoms with Crippen molar-refractivity contribution in [1.82, 2.24) is 5.32 Å². The Morgan fingerprint density at radius 2 is 1.80 bits per heavy atom. The monoisotopic (exact) mass is 203 g/mol. The van der Waals surface area contributed by atoms with E-state index < -0.39 is 0 Å². The van der Waals surface area contributed by atoms with Gasteiger partial charge in [-0.2, -0.15) is 0 Å². The van der Waals surface area contributed by atoms with Gasteiger partial charge in [-0.1, -0.05) is 47.9 Å². The van der Waals surface area contributed by atoms with Crippen LogP contribution >= 0.6 is 0 Å². The molecule has 0 atom stereocenters. The van der Waals surface area contributed by atoms with E-state index in [9.17, 15) is 0 Å². The van der Waals surface area contributed by atoms with Crippen LogP contribution < -0.4 is 5.32 Å². The van der Waals surface area contributed by atoms with Crippen LogP contribution in [-0.4, -0.2) is 13.1 Å². The molecule has 0 saturated heterocycles. The molecule has 0 aliphatic rings. The molecule has 0 fully saturated rings. The summed E-state index contributed by atoms with van der Waals surface area (Å²) in [6.45, 7) is 10.6. The van der Waals surface area contributed by atoms with Gasteiger partial charge in [0.25, 0.3) is 0 Å². The van der Waals surface area contributed by atoms with Crippen molar-refractivity contribution in [2.24, 2.45) is 0 Å².